The van der Waals surface area contributed by atoms with E-state index in [1.54, 1.807) is 0 Å². The average molecular weight is 279 g/mol. The molecular weight excluding hydrogens is 258 g/mol. The first-order chi connectivity index (χ1) is 10.4. The highest BCUT2D eigenvalue weighted by Crippen LogP contribution is 2.34. The van der Waals surface area contributed by atoms with Crippen molar-refractivity contribution in [2.24, 2.45) is 0 Å². The predicted molar refractivity (Wildman–Crippen MR) is 83.1 cm³/mol. The van der Waals surface area contributed by atoms with Crippen LogP contribution in [0.3, 0.4) is 0 Å². The summed E-state index contributed by atoms with van der Waals surface area (Å²) in [4.78, 5) is 9.30. The number of nitrogens with one attached hydrogen (secondary N) is 1. The van der Waals surface area contributed by atoms with Gasteiger partial charge in [-0.05, 0) is 43.2 Å². The lowest BCUT2D eigenvalue weighted by molar-refractivity contribution is 0.587. The molecule has 1 atom stereocenters. The first-order valence-electron chi connectivity index (χ1n) is 8.02. The number of aromatic nitrogens is 2. The minimum atomic E-state index is 0.375. The molecular formula is C18H21N3. The zero-order chi connectivity index (χ0) is 14.1. The minimum Gasteiger partial charge on any atom is -0.310 e. The molecule has 21 heavy (non-hydrogen) atoms. The Labute approximate surface area is 125 Å². The standard InChI is InChI=1S/C18H21N3/c1-2-6-16-14(4-1)5-3-7-17(16)18-20-11-13(12-21-18)10-19-15-8-9-15/h1-2,4,6,11-12,15,17,19H,3,5,7-10H2. The predicted octanol–water partition coefficient (Wildman–Crippen LogP) is 3.20. The van der Waals surface area contributed by atoms with Gasteiger partial charge in [0.05, 0.1) is 0 Å². The molecule has 2 aromatic rings. The van der Waals surface area contributed by atoms with Crippen LogP contribution in [-0.4, -0.2) is 16.0 Å². The lowest BCUT2D eigenvalue weighted by Gasteiger charge is -2.24. The number of benzene rings is 1. The van der Waals surface area contributed by atoms with E-state index >= 15 is 0 Å². The quantitative estimate of drug-likeness (QED) is 0.934. The summed E-state index contributed by atoms with van der Waals surface area (Å²) in [6.45, 7) is 0.895. The number of rotatable bonds is 4. The molecule has 0 saturated heterocycles. The maximum atomic E-state index is 4.65. The third-order valence-electron chi connectivity index (χ3n) is 4.58. The van der Waals surface area contributed by atoms with Gasteiger partial charge in [-0.25, -0.2) is 9.97 Å². The Balaban J connectivity index is 1.53. The Morgan fingerprint density at radius 3 is 2.67 bits per heavy atom. The summed E-state index contributed by atoms with van der Waals surface area (Å²) in [6.07, 6.45) is 10.2. The molecule has 0 amide bonds. The van der Waals surface area contributed by atoms with Gasteiger partial charge >= 0.3 is 0 Å². The molecule has 1 unspecified atom stereocenters. The summed E-state index contributed by atoms with van der Waals surface area (Å²) in [5, 5.41) is 3.51. The van der Waals surface area contributed by atoms with E-state index < -0.39 is 0 Å². The van der Waals surface area contributed by atoms with Gasteiger partial charge in [-0.1, -0.05) is 24.3 Å². The molecule has 4 rings (SSSR count). The smallest absolute Gasteiger partial charge is 0.135 e. The van der Waals surface area contributed by atoms with E-state index in [-0.39, 0.29) is 0 Å². The zero-order valence-corrected chi connectivity index (χ0v) is 12.3. The molecule has 3 nitrogen and oxygen atoms in total. The van der Waals surface area contributed by atoms with Gasteiger partial charge in [-0.3, -0.25) is 0 Å². The summed E-state index contributed by atoms with van der Waals surface area (Å²) >= 11 is 0. The lowest BCUT2D eigenvalue weighted by atomic mass is 9.82. The largest absolute Gasteiger partial charge is 0.310 e. The van der Waals surface area contributed by atoms with E-state index in [4.69, 9.17) is 0 Å². The second-order valence-corrected chi connectivity index (χ2v) is 6.25. The lowest BCUT2D eigenvalue weighted by Crippen LogP contribution is -2.17. The van der Waals surface area contributed by atoms with Crippen LogP contribution in [0.15, 0.2) is 36.7 Å². The molecule has 2 aliphatic rings. The van der Waals surface area contributed by atoms with E-state index in [2.05, 4.69) is 39.6 Å². The Hall–Kier alpha value is -1.74. The molecule has 1 aromatic heterocycles. The first-order valence-corrected chi connectivity index (χ1v) is 8.02. The molecule has 108 valence electrons. The molecule has 0 bridgehead atoms. The van der Waals surface area contributed by atoms with Gasteiger partial charge in [0.15, 0.2) is 0 Å². The molecule has 0 radical (unpaired) electrons. The Morgan fingerprint density at radius 2 is 1.86 bits per heavy atom. The average Bonchev–Trinajstić information content (AvgIpc) is 3.37. The molecule has 1 fully saturated rings. The second kappa shape index (κ2) is 5.57. The van der Waals surface area contributed by atoms with Crippen LogP contribution in [0.1, 0.15) is 54.1 Å². The topological polar surface area (TPSA) is 37.8 Å². The van der Waals surface area contributed by atoms with Crippen molar-refractivity contribution in [1.29, 1.82) is 0 Å². The van der Waals surface area contributed by atoms with Crippen molar-refractivity contribution >= 4 is 0 Å². The van der Waals surface area contributed by atoms with E-state index in [0.29, 0.717) is 5.92 Å². The molecule has 2 aliphatic carbocycles. The maximum absolute atomic E-state index is 4.65. The van der Waals surface area contributed by atoms with Gasteiger partial charge in [0, 0.05) is 36.5 Å². The molecule has 1 aromatic carbocycles. The highest BCUT2D eigenvalue weighted by atomic mass is 15.0. The fourth-order valence-electron chi connectivity index (χ4n) is 3.21. The van der Waals surface area contributed by atoms with Crippen molar-refractivity contribution in [2.45, 2.75) is 50.6 Å². The molecule has 3 heteroatoms. The van der Waals surface area contributed by atoms with Crippen LogP contribution in [0.5, 0.6) is 0 Å². The maximum Gasteiger partial charge on any atom is 0.135 e. The number of nitrogens with zero attached hydrogens (tertiary/aromatic N) is 2. The Kier molecular flexibility index (Phi) is 3.44. The summed E-state index contributed by atoms with van der Waals surface area (Å²) in [7, 11) is 0. The van der Waals surface area contributed by atoms with Crippen molar-refractivity contribution in [3.63, 3.8) is 0 Å². The van der Waals surface area contributed by atoms with Gasteiger partial charge in [0.25, 0.3) is 0 Å². The van der Waals surface area contributed by atoms with Crippen molar-refractivity contribution < 1.29 is 0 Å². The van der Waals surface area contributed by atoms with E-state index in [1.807, 2.05) is 12.4 Å². The number of hydrogen-bond acceptors (Lipinski definition) is 3. The van der Waals surface area contributed by atoms with Crippen molar-refractivity contribution in [3.05, 3.63) is 59.2 Å². The number of hydrogen-bond donors (Lipinski definition) is 1. The van der Waals surface area contributed by atoms with Crippen LogP contribution in [0, 0.1) is 0 Å². The first kappa shape index (κ1) is 13.0. The van der Waals surface area contributed by atoms with Gasteiger partial charge in [-0.2, -0.15) is 0 Å². The van der Waals surface area contributed by atoms with Crippen molar-refractivity contribution in [2.75, 3.05) is 0 Å². The van der Waals surface area contributed by atoms with Crippen LogP contribution in [-0.2, 0) is 13.0 Å². The third kappa shape index (κ3) is 2.84. The van der Waals surface area contributed by atoms with Gasteiger partial charge in [0.1, 0.15) is 5.82 Å². The highest BCUT2D eigenvalue weighted by Gasteiger charge is 2.24. The molecule has 1 heterocycles. The normalized spacial score (nSPS) is 21.0. The third-order valence-corrected chi connectivity index (χ3v) is 4.58. The van der Waals surface area contributed by atoms with Crippen LogP contribution in [0.2, 0.25) is 0 Å². The van der Waals surface area contributed by atoms with Crippen LogP contribution in [0.4, 0.5) is 0 Å². The number of fused-ring (bicyclic) bond motifs is 1. The van der Waals surface area contributed by atoms with Gasteiger partial charge in [-0.15, -0.1) is 0 Å². The zero-order valence-electron chi connectivity index (χ0n) is 12.3. The summed E-state index contributed by atoms with van der Waals surface area (Å²) in [5.41, 5.74) is 4.08. The molecule has 1 N–H and O–H groups in total. The van der Waals surface area contributed by atoms with Crippen molar-refractivity contribution in [1.82, 2.24) is 15.3 Å². The Morgan fingerprint density at radius 1 is 1.05 bits per heavy atom. The SMILES string of the molecule is c1ccc2c(c1)CCCC2c1ncc(CNC2CC2)cn1. The van der Waals surface area contributed by atoms with Crippen LogP contribution in [0.25, 0.3) is 0 Å². The number of aryl methyl sites for hydroxylation is 1. The van der Waals surface area contributed by atoms with Crippen molar-refractivity contribution in [3.8, 4) is 0 Å². The molecule has 0 aliphatic heterocycles. The monoisotopic (exact) mass is 279 g/mol. The minimum absolute atomic E-state index is 0.375. The van der Waals surface area contributed by atoms with Crippen LogP contribution < -0.4 is 5.32 Å². The van der Waals surface area contributed by atoms with E-state index in [9.17, 15) is 0 Å². The fraction of sp³-hybridized carbons (Fsp3) is 0.444. The summed E-state index contributed by atoms with van der Waals surface area (Å²) < 4.78 is 0. The summed E-state index contributed by atoms with van der Waals surface area (Å²) in [6, 6.07) is 9.48. The van der Waals surface area contributed by atoms with E-state index in [0.717, 1.165) is 24.8 Å². The summed E-state index contributed by atoms with van der Waals surface area (Å²) in [5.74, 6) is 1.36. The second-order valence-electron chi connectivity index (χ2n) is 6.25. The van der Waals surface area contributed by atoms with Crippen LogP contribution >= 0.6 is 0 Å². The highest BCUT2D eigenvalue weighted by molar-refractivity contribution is 5.36. The molecule has 0 spiro atoms. The van der Waals surface area contributed by atoms with Gasteiger partial charge < -0.3 is 5.32 Å². The van der Waals surface area contributed by atoms with Gasteiger partial charge in [0.2, 0.25) is 0 Å². The molecule has 1 saturated carbocycles. The van der Waals surface area contributed by atoms with E-state index in [1.165, 1.54) is 42.4 Å². The fourth-order valence-corrected chi connectivity index (χ4v) is 3.21. The Bertz CT molecular complexity index is 617.